The second kappa shape index (κ2) is 8.37. The first-order chi connectivity index (χ1) is 12.4. The molecule has 0 radical (unpaired) electrons. The van der Waals surface area contributed by atoms with Gasteiger partial charge in [-0.2, -0.15) is 13.2 Å². The van der Waals surface area contributed by atoms with Crippen molar-refractivity contribution in [2.75, 3.05) is 45.9 Å². The number of hydrogen-bond acceptors (Lipinski definition) is 4. The van der Waals surface area contributed by atoms with Gasteiger partial charge in [-0.1, -0.05) is 18.2 Å². The molecule has 1 atom stereocenters. The van der Waals surface area contributed by atoms with Crippen LogP contribution in [-0.4, -0.2) is 67.7 Å². The summed E-state index contributed by atoms with van der Waals surface area (Å²) < 4.78 is 44.4. The Kier molecular flexibility index (Phi) is 6.16. The molecule has 2 saturated heterocycles. The summed E-state index contributed by atoms with van der Waals surface area (Å²) in [5.74, 6) is 0.0554. The smallest absolute Gasteiger partial charge is 0.379 e. The number of hydrogen-bond donors (Lipinski definition) is 1. The van der Waals surface area contributed by atoms with E-state index in [-0.39, 0.29) is 24.1 Å². The Morgan fingerprint density at radius 1 is 1.15 bits per heavy atom. The normalized spacial score (nSPS) is 22.2. The van der Waals surface area contributed by atoms with Crippen molar-refractivity contribution in [1.29, 1.82) is 0 Å². The Labute approximate surface area is 151 Å². The van der Waals surface area contributed by atoms with E-state index in [1.165, 1.54) is 12.1 Å². The lowest BCUT2D eigenvalue weighted by Crippen LogP contribution is -2.42. The summed E-state index contributed by atoms with van der Waals surface area (Å²) in [6.45, 7) is 5.28. The third-order valence-corrected chi connectivity index (χ3v) is 4.91. The van der Waals surface area contributed by atoms with E-state index in [0.717, 1.165) is 38.9 Å². The van der Waals surface area contributed by atoms with Crippen LogP contribution in [0.1, 0.15) is 17.5 Å². The zero-order valence-electron chi connectivity index (χ0n) is 14.6. The lowest BCUT2D eigenvalue weighted by Gasteiger charge is -2.28. The number of alkyl halides is 3. The molecule has 0 aliphatic carbocycles. The predicted molar refractivity (Wildman–Crippen MR) is 90.5 cm³/mol. The standard InChI is InChI=1S/C18H24F3N3O2/c19-18(20,21)16-4-2-1-3-14(16)12-22-15-11-17(25)24(13-15)6-5-23-7-9-26-10-8-23/h1-4,15,22H,5-13H2. The summed E-state index contributed by atoms with van der Waals surface area (Å²) >= 11 is 0. The van der Waals surface area contributed by atoms with E-state index in [0.29, 0.717) is 19.5 Å². The van der Waals surface area contributed by atoms with Crippen LogP contribution in [0.3, 0.4) is 0 Å². The van der Waals surface area contributed by atoms with Crippen LogP contribution in [0.2, 0.25) is 0 Å². The minimum absolute atomic E-state index is 0.0554. The van der Waals surface area contributed by atoms with Crippen LogP contribution in [-0.2, 0) is 22.3 Å². The monoisotopic (exact) mass is 371 g/mol. The first kappa shape index (κ1) is 19.1. The highest BCUT2D eigenvalue weighted by Crippen LogP contribution is 2.31. The van der Waals surface area contributed by atoms with E-state index in [2.05, 4.69) is 10.2 Å². The predicted octanol–water partition coefficient (Wildman–Crippen LogP) is 1.73. The highest BCUT2D eigenvalue weighted by atomic mass is 19.4. The van der Waals surface area contributed by atoms with Gasteiger partial charge in [0.05, 0.1) is 18.8 Å². The second-order valence-corrected chi connectivity index (χ2v) is 6.73. The van der Waals surface area contributed by atoms with Gasteiger partial charge in [-0.3, -0.25) is 9.69 Å². The second-order valence-electron chi connectivity index (χ2n) is 6.73. The third kappa shape index (κ3) is 4.96. The lowest BCUT2D eigenvalue weighted by molar-refractivity contribution is -0.138. The maximum Gasteiger partial charge on any atom is 0.416 e. The molecule has 2 heterocycles. The quantitative estimate of drug-likeness (QED) is 0.827. The molecule has 2 aliphatic heterocycles. The van der Waals surface area contributed by atoms with Crippen LogP contribution < -0.4 is 5.32 Å². The summed E-state index contributed by atoms with van der Waals surface area (Å²) in [5.41, 5.74) is -0.416. The molecule has 1 aromatic carbocycles. The molecule has 3 rings (SSSR count). The van der Waals surface area contributed by atoms with Gasteiger partial charge in [0, 0.05) is 51.7 Å². The van der Waals surface area contributed by atoms with Crippen molar-refractivity contribution in [3.8, 4) is 0 Å². The van der Waals surface area contributed by atoms with Crippen LogP contribution in [0, 0.1) is 0 Å². The molecule has 144 valence electrons. The van der Waals surface area contributed by atoms with E-state index in [4.69, 9.17) is 4.74 Å². The largest absolute Gasteiger partial charge is 0.416 e. The molecule has 5 nitrogen and oxygen atoms in total. The zero-order valence-corrected chi connectivity index (χ0v) is 14.6. The molecule has 8 heteroatoms. The number of rotatable bonds is 6. The van der Waals surface area contributed by atoms with Gasteiger partial charge in [0.2, 0.25) is 5.91 Å². The van der Waals surface area contributed by atoms with Gasteiger partial charge in [-0.15, -0.1) is 0 Å². The zero-order chi connectivity index (χ0) is 18.6. The van der Waals surface area contributed by atoms with E-state index >= 15 is 0 Å². The maximum atomic E-state index is 13.0. The first-order valence-electron chi connectivity index (χ1n) is 8.90. The molecular weight excluding hydrogens is 347 g/mol. The van der Waals surface area contributed by atoms with Crippen LogP contribution >= 0.6 is 0 Å². The summed E-state index contributed by atoms with van der Waals surface area (Å²) in [5, 5.41) is 3.11. The van der Waals surface area contributed by atoms with E-state index in [9.17, 15) is 18.0 Å². The van der Waals surface area contributed by atoms with Crippen molar-refractivity contribution < 1.29 is 22.7 Å². The summed E-state index contributed by atoms with van der Waals surface area (Å²) in [7, 11) is 0. The molecule has 0 saturated carbocycles. The molecule has 26 heavy (non-hydrogen) atoms. The van der Waals surface area contributed by atoms with Crippen molar-refractivity contribution in [3.05, 3.63) is 35.4 Å². The SMILES string of the molecule is O=C1CC(NCc2ccccc2C(F)(F)F)CN1CCN1CCOCC1. The van der Waals surface area contributed by atoms with Gasteiger partial charge in [0.1, 0.15) is 0 Å². The Balaban J connectivity index is 1.49. The van der Waals surface area contributed by atoms with Gasteiger partial charge < -0.3 is 15.0 Å². The minimum Gasteiger partial charge on any atom is -0.379 e. The highest BCUT2D eigenvalue weighted by Gasteiger charge is 2.34. The molecule has 0 spiro atoms. The van der Waals surface area contributed by atoms with Crippen LogP contribution in [0.15, 0.2) is 24.3 Å². The number of morpholine rings is 1. The van der Waals surface area contributed by atoms with Crippen LogP contribution in [0.5, 0.6) is 0 Å². The van der Waals surface area contributed by atoms with Gasteiger partial charge >= 0.3 is 6.18 Å². The molecule has 1 unspecified atom stereocenters. The molecule has 2 aliphatic rings. The average molecular weight is 371 g/mol. The molecule has 0 aromatic heterocycles. The van der Waals surface area contributed by atoms with Crippen molar-refractivity contribution in [1.82, 2.24) is 15.1 Å². The molecule has 1 amide bonds. The Bertz CT molecular complexity index is 618. The van der Waals surface area contributed by atoms with Crippen molar-refractivity contribution in [2.45, 2.75) is 25.2 Å². The van der Waals surface area contributed by atoms with E-state index in [1.807, 2.05) is 0 Å². The van der Waals surface area contributed by atoms with Gasteiger partial charge in [0.15, 0.2) is 0 Å². The Morgan fingerprint density at radius 2 is 1.88 bits per heavy atom. The summed E-state index contributed by atoms with van der Waals surface area (Å²) in [6, 6.07) is 5.43. The number of benzene rings is 1. The molecular formula is C18H24F3N3O2. The van der Waals surface area contributed by atoms with Crippen LogP contribution in [0.4, 0.5) is 13.2 Å². The van der Waals surface area contributed by atoms with Gasteiger partial charge in [-0.25, -0.2) is 0 Å². The summed E-state index contributed by atoms with van der Waals surface area (Å²) in [4.78, 5) is 16.2. The lowest BCUT2D eigenvalue weighted by atomic mass is 10.1. The Hall–Kier alpha value is -1.64. The highest BCUT2D eigenvalue weighted by molar-refractivity contribution is 5.79. The van der Waals surface area contributed by atoms with E-state index < -0.39 is 11.7 Å². The number of carbonyl (C=O) groups is 1. The number of likely N-dealkylation sites (tertiary alicyclic amines) is 1. The fourth-order valence-electron chi connectivity index (χ4n) is 3.42. The van der Waals surface area contributed by atoms with Crippen molar-refractivity contribution in [2.24, 2.45) is 0 Å². The van der Waals surface area contributed by atoms with Gasteiger partial charge in [0.25, 0.3) is 0 Å². The summed E-state index contributed by atoms with van der Waals surface area (Å²) in [6.07, 6.45) is -4.04. The number of halogens is 3. The number of ether oxygens (including phenoxy) is 1. The number of amides is 1. The Morgan fingerprint density at radius 3 is 2.62 bits per heavy atom. The molecule has 2 fully saturated rings. The number of nitrogens with zero attached hydrogens (tertiary/aromatic N) is 2. The molecule has 1 N–H and O–H groups in total. The van der Waals surface area contributed by atoms with Crippen LogP contribution in [0.25, 0.3) is 0 Å². The average Bonchev–Trinajstić information content (AvgIpc) is 2.98. The topological polar surface area (TPSA) is 44.8 Å². The number of carbonyl (C=O) groups excluding carboxylic acids is 1. The minimum atomic E-state index is -4.37. The first-order valence-corrected chi connectivity index (χ1v) is 8.90. The van der Waals surface area contributed by atoms with Crippen molar-refractivity contribution in [3.63, 3.8) is 0 Å². The molecule has 1 aromatic rings. The fourth-order valence-corrected chi connectivity index (χ4v) is 3.42. The van der Waals surface area contributed by atoms with Gasteiger partial charge in [-0.05, 0) is 11.6 Å². The molecule has 0 bridgehead atoms. The maximum absolute atomic E-state index is 13.0. The number of nitrogens with one attached hydrogen (secondary N) is 1. The third-order valence-electron chi connectivity index (χ3n) is 4.91. The van der Waals surface area contributed by atoms with E-state index in [1.54, 1.807) is 11.0 Å². The fraction of sp³-hybridized carbons (Fsp3) is 0.611. The van der Waals surface area contributed by atoms with Crippen molar-refractivity contribution >= 4 is 5.91 Å².